The Labute approximate surface area is 137 Å². The molecule has 122 valence electrons. The summed E-state index contributed by atoms with van der Waals surface area (Å²) >= 11 is 1.63. The minimum absolute atomic E-state index is 0.279. The number of amides is 1. The van der Waals surface area contributed by atoms with Crippen LogP contribution in [0.5, 0.6) is 0 Å². The third-order valence-electron chi connectivity index (χ3n) is 3.96. The molecule has 0 saturated carbocycles. The van der Waals surface area contributed by atoms with Gasteiger partial charge in [0.25, 0.3) is 0 Å². The van der Waals surface area contributed by atoms with Gasteiger partial charge in [-0.2, -0.15) is 11.8 Å². The van der Waals surface area contributed by atoms with E-state index in [-0.39, 0.29) is 5.91 Å². The van der Waals surface area contributed by atoms with Gasteiger partial charge in [0.2, 0.25) is 5.91 Å². The Morgan fingerprint density at radius 3 is 2.82 bits per heavy atom. The van der Waals surface area contributed by atoms with Gasteiger partial charge < -0.3 is 10.4 Å². The van der Waals surface area contributed by atoms with Gasteiger partial charge >= 0.3 is 0 Å². The van der Waals surface area contributed by atoms with E-state index in [1.54, 1.807) is 11.8 Å². The Hall–Kier alpha value is -1.04. The van der Waals surface area contributed by atoms with E-state index < -0.39 is 6.10 Å². The van der Waals surface area contributed by atoms with Gasteiger partial charge in [-0.25, -0.2) is 0 Å². The molecule has 1 saturated heterocycles. The van der Waals surface area contributed by atoms with Gasteiger partial charge in [0.05, 0.1) is 0 Å². The first-order valence-corrected chi connectivity index (χ1v) is 9.33. The second kappa shape index (κ2) is 9.18. The molecule has 5 heteroatoms. The van der Waals surface area contributed by atoms with Crippen molar-refractivity contribution in [3.05, 3.63) is 35.4 Å². The molecule has 0 unspecified atom stereocenters. The number of hydrogen-bond acceptors (Lipinski definition) is 4. The topological polar surface area (TPSA) is 52.6 Å². The molecule has 1 aliphatic rings. The highest BCUT2D eigenvalue weighted by Crippen LogP contribution is 2.14. The molecule has 0 spiro atoms. The fourth-order valence-electron chi connectivity index (χ4n) is 2.70. The molecule has 1 aliphatic heterocycles. The van der Waals surface area contributed by atoms with Gasteiger partial charge in [-0.1, -0.05) is 24.3 Å². The fraction of sp³-hybridized carbons (Fsp3) is 0.588. The van der Waals surface area contributed by atoms with Crippen LogP contribution >= 0.6 is 11.8 Å². The summed E-state index contributed by atoms with van der Waals surface area (Å²) in [7, 11) is 0. The van der Waals surface area contributed by atoms with E-state index >= 15 is 0 Å². The zero-order valence-corrected chi connectivity index (χ0v) is 14.1. The standard InChI is InChI=1S/C17H26N2O2S/c1-22-10-7-16(20)17(21)18-12-14-5-4-6-15(11-14)13-19-8-2-3-9-19/h4-6,11,16,20H,2-3,7-10,12-13H2,1H3,(H,18,21)/t16-/m1/s1. The maximum atomic E-state index is 11.8. The molecule has 1 atom stereocenters. The van der Waals surface area contributed by atoms with Crippen LogP contribution in [0, 0.1) is 0 Å². The zero-order valence-electron chi connectivity index (χ0n) is 13.3. The SMILES string of the molecule is CSCC[C@@H](O)C(=O)NCc1cccc(CN2CCCC2)c1. The largest absolute Gasteiger partial charge is 0.383 e. The molecule has 0 aliphatic carbocycles. The van der Waals surface area contributed by atoms with Crippen LogP contribution in [0.25, 0.3) is 0 Å². The van der Waals surface area contributed by atoms with Crippen LogP contribution in [-0.2, 0) is 17.9 Å². The van der Waals surface area contributed by atoms with Crippen molar-refractivity contribution in [1.82, 2.24) is 10.2 Å². The molecule has 0 radical (unpaired) electrons. The van der Waals surface area contributed by atoms with Crippen molar-refractivity contribution in [3.63, 3.8) is 0 Å². The Bertz CT molecular complexity index is 475. The number of carbonyl (C=O) groups excluding carboxylic acids is 1. The molecule has 0 bridgehead atoms. The monoisotopic (exact) mass is 322 g/mol. The van der Waals surface area contributed by atoms with Gasteiger partial charge in [0.1, 0.15) is 6.10 Å². The van der Waals surface area contributed by atoms with Crippen LogP contribution in [0.3, 0.4) is 0 Å². The lowest BCUT2D eigenvalue weighted by Crippen LogP contribution is -2.34. The van der Waals surface area contributed by atoms with E-state index in [0.717, 1.165) is 17.9 Å². The molecule has 22 heavy (non-hydrogen) atoms. The summed E-state index contributed by atoms with van der Waals surface area (Å²) in [4.78, 5) is 14.3. The van der Waals surface area contributed by atoms with Gasteiger partial charge in [0, 0.05) is 13.1 Å². The summed E-state index contributed by atoms with van der Waals surface area (Å²) in [6.45, 7) is 3.83. The lowest BCUT2D eigenvalue weighted by Gasteiger charge is -2.15. The minimum Gasteiger partial charge on any atom is -0.383 e. The number of hydrogen-bond donors (Lipinski definition) is 2. The molecule has 2 rings (SSSR count). The number of aliphatic hydroxyl groups is 1. The molecule has 1 amide bonds. The van der Waals surface area contributed by atoms with E-state index in [1.807, 2.05) is 18.4 Å². The summed E-state index contributed by atoms with van der Waals surface area (Å²) in [5, 5.41) is 12.6. The zero-order chi connectivity index (χ0) is 15.8. The number of likely N-dealkylation sites (tertiary alicyclic amines) is 1. The summed E-state index contributed by atoms with van der Waals surface area (Å²) in [6.07, 6.45) is 4.16. The number of nitrogens with zero attached hydrogens (tertiary/aromatic N) is 1. The van der Waals surface area contributed by atoms with Crippen molar-refractivity contribution in [2.24, 2.45) is 0 Å². The first-order chi connectivity index (χ1) is 10.7. The average molecular weight is 322 g/mol. The lowest BCUT2D eigenvalue weighted by atomic mass is 10.1. The molecule has 1 heterocycles. The summed E-state index contributed by atoms with van der Waals surface area (Å²) in [6, 6.07) is 8.34. The van der Waals surface area contributed by atoms with Crippen LogP contribution in [-0.4, -0.2) is 47.1 Å². The average Bonchev–Trinajstić information content (AvgIpc) is 3.03. The fourth-order valence-corrected chi connectivity index (χ4v) is 3.16. The Kier molecular flexibility index (Phi) is 7.22. The number of benzene rings is 1. The smallest absolute Gasteiger partial charge is 0.249 e. The van der Waals surface area contributed by atoms with Crippen LogP contribution in [0.1, 0.15) is 30.4 Å². The summed E-state index contributed by atoms with van der Waals surface area (Å²) < 4.78 is 0. The summed E-state index contributed by atoms with van der Waals surface area (Å²) in [5.41, 5.74) is 2.37. The van der Waals surface area contributed by atoms with E-state index in [4.69, 9.17) is 0 Å². The number of carbonyl (C=O) groups is 1. The molecule has 0 aromatic heterocycles. The van der Waals surface area contributed by atoms with Crippen LogP contribution in [0.15, 0.2) is 24.3 Å². The van der Waals surface area contributed by atoms with Crippen molar-refractivity contribution in [1.29, 1.82) is 0 Å². The quantitative estimate of drug-likeness (QED) is 0.769. The maximum absolute atomic E-state index is 11.8. The number of nitrogens with one attached hydrogen (secondary N) is 1. The molecular formula is C17H26N2O2S. The van der Waals surface area contributed by atoms with Crippen LogP contribution in [0.4, 0.5) is 0 Å². The number of aliphatic hydroxyl groups excluding tert-OH is 1. The minimum atomic E-state index is -0.903. The first kappa shape index (κ1) is 17.3. The Morgan fingerprint density at radius 1 is 1.36 bits per heavy atom. The Morgan fingerprint density at radius 2 is 2.09 bits per heavy atom. The molecular weight excluding hydrogens is 296 g/mol. The third-order valence-corrected chi connectivity index (χ3v) is 4.61. The van der Waals surface area contributed by atoms with E-state index in [2.05, 4.69) is 22.3 Å². The maximum Gasteiger partial charge on any atom is 0.249 e. The molecule has 2 N–H and O–H groups in total. The van der Waals surface area contributed by atoms with Crippen LogP contribution < -0.4 is 5.32 Å². The third kappa shape index (κ3) is 5.63. The normalized spacial score (nSPS) is 16.6. The second-order valence-corrected chi connectivity index (χ2v) is 6.80. The van der Waals surface area contributed by atoms with Gasteiger partial charge in [-0.05, 0) is 55.5 Å². The highest BCUT2D eigenvalue weighted by Gasteiger charge is 2.14. The molecule has 4 nitrogen and oxygen atoms in total. The van der Waals surface area contributed by atoms with Crippen molar-refractivity contribution in [3.8, 4) is 0 Å². The van der Waals surface area contributed by atoms with Crippen molar-refractivity contribution in [2.75, 3.05) is 25.1 Å². The highest BCUT2D eigenvalue weighted by atomic mass is 32.2. The number of rotatable bonds is 8. The first-order valence-electron chi connectivity index (χ1n) is 7.94. The second-order valence-electron chi connectivity index (χ2n) is 5.82. The molecule has 1 aromatic carbocycles. The van der Waals surface area contributed by atoms with Crippen molar-refractivity contribution in [2.45, 2.75) is 38.5 Å². The van der Waals surface area contributed by atoms with Crippen molar-refractivity contribution < 1.29 is 9.90 Å². The Balaban J connectivity index is 1.80. The predicted octanol–water partition coefficient (Wildman–Crippen LogP) is 2.01. The summed E-state index contributed by atoms with van der Waals surface area (Å²) in [5.74, 6) is 0.513. The van der Waals surface area contributed by atoms with Crippen LogP contribution in [0.2, 0.25) is 0 Å². The van der Waals surface area contributed by atoms with E-state index in [9.17, 15) is 9.90 Å². The van der Waals surface area contributed by atoms with E-state index in [1.165, 1.54) is 31.5 Å². The van der Waals surface area contributed by atoms with Gasteiger partial charge in [-0.3, -0.25) is 9.69 Å². The van der Waals surface area contributed by atoms with Crippen molar-refractivity contribution >= 4 is 17.7 Å². The predicted molar refractivity (Wildman–Crippen MR) is 91.8 cm³/mol. The molecule has 1 fully saturated rings. The molecule has 1 aromatic rings. The van der Waals surface area contributed by atoms with Gasteiger partial charge in [-0.15, -0.1) is 0 Å². The number of thioether (sulfide) groups is 1. The lowest BCUT2D eigenvalue weighted by molar-refractivity contribution is -0.129. The van der Waals surface area contributed by atoms with Gasteiger partial charge in [0.15, 0.2) is 0 Å². The van der Waals surface area contributed by atoms with E-state index in [0.29, 0.717) is 13.0 Å². The highest BCUT2D eigenvalue weighted by molar-refractivity contribution is 7.98.